The minimum atomic E-state index is -1.02. The fourth-order valence-corrected chi connectivity index (χ4v) is 5.52. The second kappa shape index (κ2) is 18.1. The lowest BCUT2D eigenvalue weighted by molar-refractivity contribution is -0.137. The molecule has 0 radical (unpaired) electrons. The van der Waals surface area contributed by atoms with E-state index < -0.39 is 24.0 Å². The van der Waals surface area contributed by atoms with E-state index in [1.54, 1.807) is 31.5 Å². The van der Waals surface area contributed by atoms with Gasteiger partial charge in [0.05, 0.1) is 13.0 Å². The van der Waals surface area contributed by atoms with Crippen LogP contribution in [0, 0.1) is 0 Å². The summed E-state index contributed by atoms with van der Waals surface area (Å²) in [5, 5.41) is 14.8. The van der Waals surface area contributed by atoms with Gasteiger partial charge in [-0.2, -0.15) is 0 Å². The highest BCUT2D eigenvalue weighted by Crippen LogP contribution is 2.25. The van der Waals surface area contributed by atoms with Crippen molar-refractivity contribution in [3.8, 4) is 28.3 Å². The first-order valence-corrected chi connectivity index (χ1v) is 17.5. The van der Waals surface area contributed by atoms with E-state index in [1.165, 1.54) is 25.7 Å². The molecular formula is C41H50N4O5. The minimum absolute atomic E-state index is 0.0638. The highest BCUT2D eigenvalue weighted by atomic mass is 16.5. The molecule has 0 aliphatic heterocycles. The lowest BCUT2D eigenvalue weighted by Gasteiger charge is -2.22. The average molecular weight is 679 g/mol. The number of carboxylic acids is 1. The van der Waals surface area contributed by atoms with Crippen molar-refractivity contribution in [2.45, 2.75) is 97.1 Å². The number of hydrogen-bond acceptors (Lipinski definition) is 6. The molecule has 9 heteroatoms. The first-order valence-electron chi connectivity index (χ1n) is 17.5. The Labute approximate surface area is 295 Å². The highest BCUT2D eigenvalue weighted by Gasteiger charge is 2.24. The summed E-state index contributed by atoms with van der Waals surface area (Å²) in [7, 11) is 0. The number of carbonyl (C=O) groups excluding carboxylic acids is 2. The molecule has 1 heterocycles. The molecule has 9 nitrogen and oxygen atoms in total. The van der Waals surface area contributed by atoms with E-state index in [4.69, 9.17) is 9.84 Å². The molecule has 0 saturated carbocycles. The summed E-state index contributed by atoms with van der Waals surface area (Å²) in [5.74, 6) is -0.447. The Balaban J connectivity index is 1.40. The molecule has 0 aliphatic rings. The Morgan fingerprint density at radius 1 is 0.780 bits per heavy atom. The number of hydrogen-bond donors (Lipinski definition) is 3. The fourth-order valence-electron chi connectivity index (χ4n) is 5.52. The maximum Gasteiger partial charge on any atom is 0.305 e. The standard InChI is InChI=1S/C41H50N4O5/c1-6-7-8-9-10-23-50-35-21-17-30(18-22-35)33-26-42-38(43-27-33)31-13-11-29(12-14-31)25-36(40(49)44-28(2)24-37(46)47)45-39(48)32-15-19-34(20-16-32)41(3,4)5/h11-22,26-28,36H,6-10,23-25H2,1-5H3,(H,44,49)(H,45,48)(H,46,47)/t28?,36-/m0/s1. The second-order valence-corrected chi connectivity index (χ2v) is 13.8. The van der Waals surface area contributed by atoms with Crippen molar-refractivity contribution in [2.24, 2.45) is 0 Å². The summed E-state index contributed by atoms with van der Waals surface area (Å²) in [6.07, 6.45) is 9.57. The number of nitrogens with one attached hydrogen (secondary N) is 2. The molecule has 4 rings (SSSR count). The first-order chi connectivity index (χ1) is 23.9. The smallest absolute Gasteiger partial charge is 0.305 e. The third-order valence-electron chi connectivity index (χ3n) is 8.51. The van der Waals surface area contributed by atoms with Crippen LogP contribution in [0.3, 0.4) is 0 Å². The van der Waals surface area contributed by atoms with E-state index in [-0.39, 0.29) is 24.2 Å². The number of benzene rings is 3. The summed E-state index contributed by atoms with van der Waals surface area (Å²) in [5.41, 5.74) is 4.97. The van der Waals surface area contributed by atoms with Gasteiger partial charge in [0.25, 0.3) is 5.91 Å². The minimum Gasteiger partial charge on any atom is -0.494 e. The van der Waals surface area contributed by atoms with Gasteiger partial charge in [-0.1, -0.05) is 102 Å². The fraction of sp³-hybridized carbons (Fsp3) is 0.390. The molecule has 0 saturated heterocycles. The number of amides is 2. The third-order valence-corrected chi connectivity index (χ3v) is 8.51. The van der Waals surface area contributed by atoms with Crippen molar-refractivity contribution >= 4 is 17.8 Å². The van der Waals surface area contributed by atoms with Gasteiger partial charge in [0.15, 0.2) is 5.82 Å². The summed E-state index contributed by atoms with van der Waals surface area (Å²) < 4.78 is 5.89. The van der Waals surface area contributed by atoms with Gasteiger partial charge in [-0.05, 0) is 59.7 Å². The van der Waals surface area contributed by atoms with Gasteiger partial charge in [0, 0.05) is 41.5 Å². The number of aromatic nitrogens is 2. The third kappa shape index (κ3) is 11.5. The van der Waals surface area contributed by atoms with Gasteiger partial charge >= 0.3 is 5.97 Å². The van der Waals surface area contributed by atoms with Gasteiger partial charge in [0.2, 0.25) is 5.91 Å². The molecule has 3 N–H and O–H groups in total. The number of ether oxygens (including phenoxy) is 1. The summed E-state index contributed by atoms with van der Waals surface area (Å²) in [4.78, 5) is 46.9. The van der Waals surface area contributed by atoms with E-state index in [0.717, 1.165) is 46.6 Å². The number of nitrogens with zero attached hydrogens (tertiary/aromatic N) is 2. The summed E-state index contributed by atoms with van der Waals surface area (Å²) in [6.45, 7) is 10.8. The van der Waals surface area contributed by atoms with Crippen molar-refractivity contribution < 1.29 is 24.2 Å². The van der Waals surface area contributed by atoms with E-state index >= 15 is 0 Å². The van der Waals surface area contributed by atoms with Crippen molar-refractivity contribution in [1.82, 2.24) is 20.6 Å². The SMILES string of the molecule is CCCCCCCOc1ccc(-c2cnc(-c3ccc(C[C@H](NC(=O)c4ccc(C(C)(C)C)cc4)C(=O)NC(C)CC(=O)O)cc3)nc2)cc1. The Kier molecular flexibility index (Phi) is 13.7. The maximum atomic E-state index is 13.3. The topological polar surface area (TPSA) is 131 Å². The Bertz CT molecular complexity index is 1680. The maximum absolute atomic E-state index is 13.3. The largest absolute Gasteiger partial charge is 0.494 e. The molecule has 2 atom stereocenters. The van der Waals surface area contributed by atoms with Gasteiger partial charge in [0.1, 0.15) is 11.8 Å². The van der Waals surface area contributed by atoms with Crippen molar-refractivity contribution in [3.63, 3.8) is 0 Å². The van der Waals surface area contributed by atoms with Gasteiger partial charge in [-0.25, -0.2) is 9.97 Å². The van der Waals surface area contributed by atoms with Crippen LogP contribution in [0.2, 0.25) is 0 Å². The highest BCUT2D eigenvalue weighted by molar-refractivity contribution is 5.97. The Morgan fingerprint density at radius 2 is 1.40 bits per heavy atom. The Hall–Kier alpha value is -5.05. The number of carboxylic acid groups (broad SMARTS) is 1. The predicted molar refractivity (Wildman–Crippen MR) is 197 cm³/mol. The predicted octanol–water partition coefficient (Wildman–Crippen LogP) is 7.78. The van der Waals surface area contributed by atoms with Crippen LogP contribution < -0.4 is 15.4 Å². The van der Waals surface area contributed by atoms with Crippen LogP contribution in [0.5, 0.6) is 5.75 Å². The zero-order chi connectivity index (χ0) is 36.1. The van der Waals surface area contributed by atoms with Crippen LogP contribution >= 0.6 is 0 Å². The molecule has 0 spiro atoms. The first kappa shape index (κ1) is 37.8. The normalized spacial score (nSPS) is 12.5. The molecule has 0 aliphatic carbocycles. The molecule has 1 unspecified atom stereocenters. The van der Waals surface area contributed by atoms with Crippen LogP contribution in [0.15, 0.2) is 85.2 Å². The lowest BCUT2D eigenvalue weighted by atomic mass is 9.86. The molecule has 50 heavy (non-hydrogen) atoms. The number of rotatable bonds is 17. The zero-order valence-electron chi connectivity index (χ0n) is 29.9. The van der Waals surface area contributed by atoms with Crippen molar-refractivity contribution in [1.29, 1.82) is 0 Å². The molecule has 2 amide bonds. The second-order valence-electron chi connectivity index (χ2n) is 13.8. The molecular weight excluding hydrogens is 628 g/mol. The van der Waals surface area contributed by atoms with Crippen LogP contribution in [0.4, 0.5) is 0 Å². The van der Waals surface area contributed by atoms with Crippen LogP contribution in [0.25, 0.3) is 22.5 Å². The molecule has 264 valence electrons. The monoisotopic (exact) mass is 678 g/mol. The van der Waals surface area contributed by atoms with Gasteiger partial charge < -0.3 is 20.5 Å². The summed E-state index contributed by atoms with van der Waals surface area (Å²) >= 11 is 0. The van der Waals surface area contributed by atoms with E-state index in [9.17, 15) is 14.4 Å². The lowest BCUT2D eigenvalue weighted by Crippen LogP contribution is -2.50. The van der Waals surface area contributed by atoms with Crippen LogP contribution in [-0.2, 0) is 21.4 Å². The number of unbranched alkanes of at least 4 members (excludes halogenated alkanes) is 4. The molecule has 1 aromatic heterocycles. The molecule has 3 aromatic carbocycles. The molecule has 0 bridgehead atoms. The summed E-state index contributed by atoms with van der Waals surface area (Å²) in [6, 6.07) is 21.3. The van der Waals surface area contributed by atoms with Gasteiger partial charge in [-0.3, -0.25) is 14.4 Å². The van der Waals surface area contributed by atoms with E-state index in [2.05, 4.69) is 48.3 Å². The van der Waals surface area contributed by atoms with Gasteiger partial charge in [-0.15, -0.1) is 0 Å². The van der Waals surface area contributed by atoms with Crippen molar-refractivity contribution in [3.05, 3.63) is 102 Å². The van der Waals surface area contributed by atoms with Crippen molar-refractivity contribution in [2.75, 3.05) is 6.61 Å². The molecule has 0 fully saturated rings. The quantitative estimate of drug-likeness (QED) is 0.0973. The average Bonchev–Trinajstić information content (AvgIpc) is 3.09. The van der Waals surface area contributed by atoms with Crippen LogP contribution in [-0.4, -0.2) is 51.5 Å². The molecule has 4 aromatic rings. The van der Waals surface area contributed by atoms with E-state index in [0.29, 0.717) is 11.4 Å². The number of carbonyl (C=O) groups is 3. The zero-order valence-corrected chi connectivity index (χ0v) is 29.9. The number of aliphatic carboxylic acids is 1. The Morgan fingerprint density at radius 3 is 2.00 bits per heavy atom. The van der Waals surface area contributed by atoms with E-state index in [1.807, 2.05) is 60.7 Å². The van der Waals surface area contributed by atoms with Crippen LogP contribution in [0.1, 0.15) is 94.6 Å².